The van der Waals surface area contributed by atoms with Crippen molar-refractivity contribution in [3.8, 4) is 5.88 Å². The highest BCUT2D eigenvalue weighted by Gasteiger charge is 2.27. The molecule has 0 saturated heterocycles. The van der Waals surface area contributed by atoms with Gasteiger partial charge in [-0.1, -0.05) is 26.2 Å². The number of ether oxygens (including phenoxy) is 1. The number of nitrogens with zero attached hydrogens (tertiary/aromatic N) is 2. The Labute approximate surface area is 116 Å². The number of aromatic nitrogens is 2. The van der Waals surface area contributed by atoms with Gasteiger partial charge in [-0.15, -0.1) is 0 Å². The van der Waals surface area contributed by atoms with Gasteiger partial charge in [0.2, 0.25) is 5.88 Å². The van der Waals surface area contributed by atoms with Crippen molar-refractivity contribution in [1.82, 2.24) is 9.97 Å². The molecule has 0 radical (unpaired) electrons. The van der Waals surface area contributed by atoms with E-state index in [0.717, 1.165) is 18.2 Å². The van der Waals surface area contributed by atoms with E-state index in [1.807, 2.05) is 13.0 Å². The monoisotopic (exact) mass is 263 g/mol. The van der Waals surface area contributed by atoms with Gasteiger partial charge in [-0.25, -0.2) is 4.98 Å². The Morgan fingerprint density at radius 1 is 1.21 bits per heavy atom. The van der Waals surface area contributed by atoms with Gasteiger partial charge in [0, 0.05) is 18.5 Å². The molecule has 0 atom stereocenters. The molecule has 1 fully saturated rings. The fourth-order valence-electron chi connectivity index (χ4n) is 2.05. The van der Waals surface area contributed by atoms with Crippen LogP contribution < -0.4 is 10.1 Å². The Balaban J connectivity index is 1.90. The zero-order valence-corrected chi connectivity index (χ0v) is 12.1. The molecular formula is C15H25N3O. The molecule has 1 aromatic rings. The predicted octanol–water partition coefficient (Wildman–Crippen LogP) is 3.74. The van der Waals surface area contributed by atoms with Crippen LogP contribution in [0.2, 0.25) is 0 Å². The van der Waals surface area contributed by atoms with E-state index >= 15 is 0 Å². The minimum Gasteiger partial charge on any atom is -0.478 e. The standard InChI is InChI=1S/C15H25N3O/c1-3-5-6-7-10-16-13-11-14(19-4-2)18-15(17-13)12-8-9-12/h11-12H,3-10H2,1-2H3,(H,16,17,18). The van der Waals surface area contributed by atoms with Gasteiger partial charge in [-0.3, -0.25) is 0 Å². The second-order valence-electron chi connectivity index (χ2n) is 5.14. The fraction of sp³-hybridized carbons (Fsp3) is 0.733. The molecule has 2 rings (SSSR count). The lowest BCUT2D eigenvalue weighted by Crippen LogP contribution is -2.07. The summed E-state index contributed by atoms with van der Waals surface area (Å²) in [7, 11) is 0. The average Bonchev–Trinajstić information content (AvgIpc) is 3.23. The molecule has 1 saturated carbocycles. The van der Waals surface area contributed by atoms with Gasteiger partial charge in [-0.05, 0) is 26.2 Å². The van der Waals surface area contributed by atoms with Crippen LogP contribution in [0.25, 0.3) is 0 Å². The van der Waals surface area contributed by atoms with E-state index in [0.29, 0.717) is 18.4 Å². The first-order valence-corrected chi connectivity index (χ1v) is 7.59. The van der Waals surface area contributed by atoms with E-state index in [2.05, 4.69) is 22.2 Å². The Hall–Kier alpha value is -1.32. The highest BCUT2D eigenvalue weighted by Crippen LogP contribution is 2.39. The van der Waals surface area contributed by atoms with Crippen molar-refractivity contribution in [3.05, 3.63) is 11.9 Å². The minimum absolute atomic E-state index is 0.557. The lowest BCUT2D eigenvalue weighted by molar-refractivity contribution is 0.325. The molecule has 1 aliphatic carbocycles. The van der Waals surface area contributed by atoms with Crippen LogP contribution in [0, 0.1) is 0 Å². The van der Waals surface area contributed by atoms with E-state index < -0.39 is 0 Å². The minimum atomic E-state index is 0.557. The number of nitrogens with one attached hydrogen (secondary N) is 1. The van der Waals surface area contributed by atoms with Crippen LogP contribution in [-0.4, -0.2) is 23.1 Å². The SMILES string of the molecule is CCCCCCNc1cc(OCC)nc(C2CC2)n1. The summed E-state index contributed by atoms with van der Waals surface area (Å²) in [6.07, 6.45) is 7.48. The smallest absolute Gasteiger partial charge is 0.218 e. The van der Waals surface area contributed by atoms with E-state index in [4.69, 9.17) is 4.74 Å². The third-order valence-electron chi connectivity index (χ3n) is 3.29. The summed E-state index contributed by atoms with van der Waals surface area (Å²) in [4.78, 5) is 9.06. The molecule has 0 aromatic carbocycles. The maximum absolute atomic E-state index is 5.52. The third-order valence-corrected chi connectivity index (χ3v) is 3.29. The van der Waals surface area contributed by atoms with E-state index in [1.54, 1.807) is 0 Å². The number of rotatable bonds is 9. The predicted molar refractivity (Wildman–Crippen MR) is 77.8 cm³/mol. The van der Waals surface area contributed by atoms with Gasteiger partial charge in [0.1, 0.15) is 11.6 Å². The van der Waals surface area contributed by atoms with Crippen molar-refractivity contribution < 1.29 is 4.74 Å². The van der Waals surface area contributed by atoms with Crippen molar-refractivity contribution >= 4 is 5.82 Å². The van der Waals surface area contributed by atoms with Crippen molar-refractivity contribution in [2.24, 2.45) is 0 Å². The largest absolute Gasteiger partial charge is 0.478 e. The molecule has 0 aliphatic heterocycles. The second-order valence-corrected chi connectivity index (χ2v) is 5.14. The normalized spacial score (nSPS) is 14.4. The van der Waals surface area contributed by atoms with Gasteiger partial charge >= 0.3 is 0 Å². The number of hydrogen-bond acceptors (Lipinski definition) is 4. The molecule has 1 aromatic heterocycles. The number of hydrogen-bond donors (Lipinski definition) is 1. The lowest BCUT2D eigenvalue weighted by Gasteiger charge is -2.09. The van der Waals surface area contributed by atoms with Crippen LogP contribution in [0.15, 0.2) is 6.07 Å². The number of anilines is 1. The van der Waals surface area contributed by atoms with Gasteiger partial charge in [0.25, 0.3) is 0 Å². The van der Waals surface area contributed by atoms with Gasteiger partial charge in [0.15, 0.2) is 0 Å². The molecule has 4 heteroatoms. The average molecular weight is 263 g/mol. The summed E-state index contributed by atoms with van der Waals surface area (Å²) >= 11 is 0. The Kier molecular flexibility index (Phi) is 5.43. The van der Waals surface area contributed by atoms with E-state index in [9.17, 15) is 0 Å². The molecule has 1 aliphatic rings. The third kappa shape index (κ3) is 4.69. The molecule has 4 nitrogen and oxygen atoms in total. The van der Waals surface area contributed by atoms with Crippen LogP contribution in [0.5, 0.6) is 5.88 Å². The summed E-state index contributed by atoms with van der Waals surface area (Å²) in [5.41, 5.74) is 0. The Bertz CT molecular complexity index is 391. The molecule has 19 heavy (non-hydrogen) atoms. The van der Waals surface area contributed by atoms with Crippen LogP contribution in [-0.2, 0) is 0 Å². The molecule has 1 N–H and O–H groups in total. The summed E-state index contributed by atoms with van der Waals surface area (Å²) in [6.45, 7) is 5.84. The fourth-order valence-corrected chi connectivity index (χ4v) is 2.05. The molecule has 1 heterocycles. The first-order chi connectivity index (χ1) is 9.33. The topological polar surface area (TPSA) is 47.0 Å². The highest BCUT2D eigenvalue weighted by atomic mass is 16.5. The van der Waals surface area contributed by atoms with Gasteiger partial charge in [0.05, 0.1) is 6.61 Å². The number of unbranched alkanes of at least 4 members (excludes halogenated alkanes) is 3. The molecule has 106 valence electrons. The summed E-state index contributed by atoms with van der Waals surface area (Å²) in [5, 5.41) is 3.39. The maximum atomic E-state index is 5.52. The molecule has 0 unspecified atom stereocenters. The van der Waals surface area contributed by atoms with Crippen molar-refractivity contribution in [3.63, 3.8) is 0 Å². The first kappa shape index (κ1) is 14.1. The van der Waals surface area contributed by atoms with Crippen LogP contribution >= 0.6 is 0 Å². The second kappa shape index (κ2) is 7.31. The zero-order chi connectivity index (χ0) is 13.5. The molecule has 0 spiro atoms. The summed E-state index contributed by atoms with van der Waals surface area (Å²) in [5.74, 6) is 3.12. The quantitative estimate of drug-likeness (QED) is 0.689. The van der Waals surface area contributed by atoms with Crippen molar-refractivity contribution in [2.45, 2.75) is 58.3 Å². The van der Waals surface area contributed by atoms with Crippen LogP contribution in [0.1, 0.15) is 64.1 Å². The van der Waals surface area contributed by atoms with Crippen LogP contribution in [0.4, 0.5) is 5.82 Å². The van der Waals surface area contributed by atoms with Crippen LogP contribution in [0.3, 0.4) is 0 Å². The van der Waals surface area contributed by atoms with Crippen molar-refractivity contribution in [1.29, 1.82) is 0 Å². The molecule has 0 amide bonds. The first-order valence-electron chi connectivity index (χ1n) is 7.59. The molecule has 0 bridgehead atoms. The van der Waals surface area contributed by atoms with Crippen molar-refractivity contribution in [2.75, 3.05) is 18.5 Å². The van der Waals surface area contributed by atoms with E-state index in [-0.39, 0.29) is 0 Å². The van der Waals surface area contributed by atoms with Gasteiger partial charge in [-0.2, -0.15) is 4.98 Å². The summed E-state index contributed by atoms with van der Waals surface area (Å²) < 4.78 is 5.52. The zero-order valence-electron chi connectivity index (χ0n) is 12.1. The van der Waals surface area contributed by atoms with Gasteiger partial charge < -0.3 is 10.1 Å². The Morgan fingerprint density at radius 2 is 2.05 bits per heavy atom. The lowest BCUT2D eigenvalue weighted by atomic mass is 10.2. The van der Waals surface area contributed by atoms with E-state index in [1.165, 1.54) is 38.5 Å². The maximum Gasteiger partial charge on any atom is 0.218 e. The Morgan fingerprint density at radius 3 is 2.74 bits per heavy atom. The molecular weight excluding hydrogens is 238 g/mol. The summed E-state index contributed by atoms with van der Waals surface area (Å²) in [6, 6.07) is 1.91. The highest BCUT2D eigenvalue weighted by molar-refractivity contribution is 5.39.